The third kappa shape index (κ3) is 3.62. The highest BCUT2D eigenvalue weighted by molar-refractivity contribution is 5.78. The van der Waals surface area contributed by atoms with E-state index in [4.69, 9.17) is 5.73 Å². The van der Waals surface area contributed by atoms with Crippen LogP contribution >= 0.6 is 0 Å². The number of guanidine groups is 1. The Morgan fingerprint density at radius 3 is 2.41 bits per heavy atom. The number of nitrogens with zero attached hydrogens (tertiary/aromatic N) is 2. The first kappa shape index (κ1) is 12.7. The van der Waals surface area contributed by atoms with Crippen molar-refractivity contribution in [2.45, 2.75) is 52.4 Å². The first-order valence-corrected chi connectivity index (χ1v) is 7.16. The summed E-state index contributed by atoms with van der Waals surface area (Å²) >= 11 is 0. The molecule has 1 heterocycles. The molecular weight excluding hydrogens is 210 g/mol. The van der Waals surface area contributed by atoms with E-state index in [9.17, 15) is 0 Å². The van der Waals surface area contributed by atoms with E-state index in [0.717, 1.165) is 31.5 Å². The third-order valence-electron chi connectivity index (χ3n) is 4.05. The molecule has 0 aromatic rings. The summed E-state index contributed by atoms with van der Waals surface area (Å²) in [6, 6.07) is 0. The Morgan fingerprint density at radius 1 is 1.24 bits per heavy atom. The van der Waals surface area contributed by atoms with E-state index in [1.807, 2.05) is 0 Å². The second-order valence-electron chi connectivity index (χ2n) is 6.32. The van der Waals surface area contributed by atoms with Gasteiger partial charge in [-0.2, -0.15) is 0 Å². The van der Waals surface area contributed by atoms with Crippen molar-refractivity contribution < 1.29 is 0 Å². The minimum atomic E-state index is 0.509. The second kappa shape index (κ2) is 5.28. The van der Waals surface area contributed by atoms with Crippen LogP contribution in [0.3, 0.4) is 0 Å². The Balaban J connectivity index is 1.82. The number of aliphatic imine (C=N–C) groups is 1. The molecule has 1 aliphatic heterocycles. The maximum Gasteiger partial charge on any atom is 0.191 e. The van der Waals surface area contributed by atoms with E-state index < -0.39 is 0 Å². The predicted octanol–water partition coefficient (Wildman–Crippen LogP) is 2.61. The van der Waals surface area contributed by atoms with E-state index >= 15 is 0 Å². The number of piperidine rings is 1. The van der Waals surface area contributed by atoms with Crippen LogP contribution in [0.5, 0.6) is 0 Å². The van der Waals surface area contributed by atoms with Gasteiger partial charge in [0.2, 0.25) is 0 Å². The van der Waals surface area contributed by atoms with Crippen LogP contribution in [0.25, 0.3) is 0 Å². The molecule has 3 nitrogen and oxygen atoms in total. The zero-order valence-electron chi connectivity index (χ0n) is 11.4. The lowest BCUT2D eigenvalue weighted by molar-refractivity contribution is 0.334. The van der Waals surface area contributed by atoms with Crippen LogP contribution in [0.2, 0.25) is 0 Å². The van der Waals surface area contributed by atoms with Crippen molar-refractivity contribution >= 4 is 5.96 Å². The maximum atomic E-state index is 6.09. The largest absolute Gasteiger partial charge is 0.370 e. The normalized spacial score (nSPS) is 24.2. The van der Waals surface area contributed by atoms with Crippen molar-refractivity contribution in [2.24, 2.45) is 22.1 Å². The molecule has 0 spiro atoms. The van der Waals surface area contributed by atoms with Crippen molar-refractivity contribution in [1.82, 2.24) is 4.90 Å². The molecule has 3 heteroatoms. The molecular formula is C14H27N3. The zero-order valence-corrected chi connectivity index (χ0v) is 11.4. The predicted molar refractivity (Wildman–Crippen MR) is 73.0 cm³/mol. The molecule has 0 unspecified atom stereocenters. The van der Waals surface area contributed by atoms with Crippen LogP contribution in [0, 0.1) is 11.3 Å². The Labute approximate surface area is 105 Å². The van der Waals surface area contributed by atoms with Crippen molar-refractivity contribution in [3.05, 3.63) is 0 Å². The monoisotopic (exact) mass is 237 g/mol. The Kier molecular flexibility index (Phi) is 3.95. The van der Waals surface area contributed by atoms with Crippen molar-refractivity contribution in [2.75, 3.05) is 19.6 Å². The van der Waals surface area contributed by atoms with Crippen molar-refractivity contribution in [3.63, 3.8) is 0 Å². The summed E-state index contributed by atoms with van der Waals surface area (Å²) in [6.07, 6.45) is 7.90. The standard InChI is InChI=1S/C14H27N3/c1-12(2)10-14(6-7-14)11-16-13(15)17-8-4-3-5-9-17/h12H,3-11H2,1-2H3,(H2,15,16). The molecule has 98 valence electrons. The van der Waals surface area contributed by atoms with Gasteiger partial charge in [-0.25, -0.2) is 0 Å². The van der Waals surface area contributed by atoms with Crippen LogP contribution in [0.1, 0.15) is 52.4 Å². The lowest BCUT2D eigenvalue weighted by Gasteiger charge is -2.28. The van der Waals surface area contributed by atoms with Gasteiger partial charge in [0.1, 0.15) is 0 Å². The van der Waals surface area contributed by atoms with Gasteiger partial charge in [0.15, 0.2) is 5.96 Å². The van der Waals surface area contributed by atoms with Crippen molar-refractivity contribution in [3.8, 4) is 0 Å². The van der Waals surface area contributed by atoms with E-state index in [0.29, 0.717) is 5.41 Å². The fourth-order valence-electron chi connectivity index (χ4n) is 2.94. The number of hydrogen-bond acceptors (Lipinski definition) is 1. The van der Waals surface area contributed by atoms with Gasteiger partial charge < -0.3 is 10.6 Å². The minimum Gasteiger partial charge on any atom is -0.370 e. The van der Waals surface area contributed by atoms with Gasteiger partial charge in [0, 0.05) is 19.6 Å². The number of rotatable bonds is 4. The first-order valence-electron chi connectivity index (χ1n) is 7.16. The van der Waals surface area contributed by atoms with Gasteiger partial charge in [-0.3, -0.25) is 4.99 Å². The van der Waals surface area contributed by atoms with Crippen LogP contribution in [-0.4, -0.2) is 30.5 Å². The highest BCUT2D eigenvalue weighted by Crippen LogP contribution is 2.50. The number of hydrogen-bond donors (Lipinski definition) is 1. The lowest BCUT2D eigenvalue weighted by Crippen LogP contribution is -2.41. The van der Waals surface area contributed by atoms with Crippen LogP contribution in [0.4, 0.5) is 0 Å². The molecule has 1 aliphatic carbocycles. The van der Waals surface area contributed by atoms with Gasteiger partial charge >= 0.3 is 0 Å². The summed E-state index contributed by atoms with van der Waals surface area (Å²) < 4.78 is 0. The Hall–Kier alpha value is -0.730. The molecule has 0 atom stereocenters. The summed E-state index contributed by atoms with van der Waals surface area (Å²) in [7, 11) is 0. The smallest absolute Gasteiger partial charge is 0.191 e. The molecule has 0 radical (unpaired) electrons. The topological polar surface area (TPSA) is 41.6 Å². The molecule has 2 rings (SSSR count). The molecule has 2 N–H and O–H groups in total. The van der Waals surface area contributed by atoms with E-state index in [1.165, 1.54) is 38.5 Å². The molecule has 2 fully saturated rings. The van der Waals surface area contributed by atoms with Crippen LogP contribution < -0.4 is 5.73 Å². The average Bonchev–Trinajstić information content (AvgIpc) is 3.06. The summed E-state index contributed by atoms with van der Waals surface area (Å²) in [5.41, 5.74) is 6.60. The van der Waals surface area contributed by atoms with Gasteiger partial charge in [-0.1, -0.05) is 13.8 Å². The molecule has 0 aromatic heterocycles. The molecule has 0 bridgehead atoms. The number of likely N-dealkylation sites (tertiary alicyclic amines) is 1. The zero-order chi connectivity index (χ0) is 12.3. The minimum absolute atomic E-state index is 0.509. The fraction of sp³-hybridized carbons (Fsp3) is 0.929. The quantitative estimate of drug-likeness (QED) is 0.603. The highest BCUT2D eigenvalue weighted by Gasteiger charge is 2.42. The average molecular weight is 237 g/mol. The van der Waals surface area contributed by atoms with E-state index in [1.54, 1.807) is 0 Å². The summed E-state index contributed by atoms with van der Waals surface area (Å²) in [6.45, 7) is 7.77. The van der Waals surface area contributed by atoms with Gasteiger partial charge in [0.25, 0.3) is 0 Å². The Morgan fingerprint density at radius 2 is 1.88 bits per heavy atom. The first-order chi connectivity index (χ1) is 8.11. The highest BCUT2D eigenvalue weighted by atomic mass is 15.3. The molecule has 1 saturated heterocycles. The fourth-order valence-corrected chi connectivity index (χ4v) is 2.94. The van der Waals surface area contributed by atoms with Crippen molar-refractivity contribution in [1.29, 1.82) is 0 Å². The van der Waals surface area contributed by atoms with Gasteiger partial charge in [-0.05, 0) is 49.9 Å². The molecule has 2 aliphatic rings. The molecule has 0 aromatic carbocycles. The van der Waals surface area contributed by atoms with E-state index in [-0.39, 0.29) is 0 Å². The molecule has 1 saturated carbocycles. The molecule has 0 amide bonds. The Bertz CT molecular complexity index is 273. The van der Waals surface area contributed by atoms with Gasteiger partial charge in [-0.15, -0.1) is 0 Å². The van der Waals surface area contributed by atoms with Crippen LogP contribution in [-0.2, 0) is 0 Å². The summed E-state index contributed by atoms with van der Waals surface area (Å²) in [5, 5.41) is 0. The van der Waals surface area contributed by atoms with Gasteiger partial charge in [0.05, 0.1) is 0 Å². The lowest BCUT2D eigenvalue weighted by atomic mass is 9.94. The van der Waals surface area contributed by atoms with Crippen LogP contribution in [0.15, 0.2) is 4.99 Å². The SMILES string of the molecule is CC(C)CC1(CN=C(N)N2CCCCC2)CC1. The summed E-state index contributed by atoms with van der Waals surface area (Å²) in [4.78, 5) is 6.91. The second-order valence-corrected chi connectivity index (χ2v) is 6.32. The maximum absolute atomic E-state index is 6.09. The third-order valence-corrected chi connectivity index (χ3v) is 4.05. The number of nitrogens with two attached hydrogens (primary N) is 1. The summed E-state index contributed by atoms with van der Waals surface area (Å²) in [5.74, 6) is 1.57. The molecule has 17 heavy (non-hydrogen) atoms. The van der Waals surface area contributed by atoms with E-state index in [2.05, 4.69) is 23.7 Å².